The lowest BCUT2D eigenvalue weighted by molar-refractivity contribution is 0.415. The van der Waals surface area contributed by atoms with Crippen LogP contribution in [0, 0.1) is 0 Å². The Kier molecular flexibility index (Phi) is 9.85. The minimum atomic E-state index is -0.0773. The largest absolute Gasteiger partial charge is 0.497 e. The molecule has 0 radical (unpaired) electrons. The summed E-state index contributed by atoms with van der Waals surface area (Å²) in [5, 5.41) is 17.3. The second-order valence-corrected chi connectivity index (χ2v) is 21.2. The van der Waals surface area contributed by atoms with Crippen LogP contribution in [0.2, 0.25) is 0 Å². The Bertz CT molecular complexity index is 3700. The van der Waals surface area contributed by atoms with Gasteiger partial charge in [-0.2, -0.15) is 0 Å². The average Bonchev–Trinajstić information content (AvgIpc) is 3.37. The van der Waals surface area contributed by atoms with Crippen LogP contribution in [0.3, 0.4) is 0 Å². The number of rotatable bonds is 8. The first kappa shape index (κ1) is 43.5. The van der Waals surface area contributed by atoms with Crippen LogP contribution < -0.4 is 18.9 Å². The predicted octanol–water partition coefficient (Wildman–Crippen LogP) is 17.9. The van der Waals surface area contributed by atoms with E-state index < -0.39 is 0 Å². The standard InChI is InChI=1S/C66H56O4/c1-65(2,3)46-27-41-31-52(37-11-19-48(67-7)20-12-37)56-35-45-36-57-53(38-13-21-49(68-8)22-14-38)32-42-28-47(66(4,5)6)30-44-34-55(40-17-25-51(70-10)26-18-40)62(64(57)59(42)44)60(45)61-54(33-43(29-46)58(41)63(56)61)39-15-23-50(69-9)24-16-39/h11-36H,1-10H3. The van der Waals surface area contributed by atoms with Gasteiger partial charge in [-0.25, -0.2) is 0 Å². The van der Waals surface area contributed by atoms with Gasteiger partial charge < -0.3 is 18.9 Å². The van der Waals surface area contributed by atoms with Crippen LogP contribution in [0.4, 0.5) is 0 Å². The van der Waals surface area contributed by atoms with E-state index in [1.54, 1.807) is 28.4 Å². The molecule has 0 fully saturated rings. The molecule has 12 rings (SSSR count). The third kappa shape index (κ3) is 6.79. The first-order valence-electron chi connectivity index (χ1n) is 24.3. The maximum absolute atomic E-state index is 5.77. The average molecular weight is 913 g/mol. The summed E-state index contributed by atoms with van der Waals surface area (Å²) in [4.78, 5) is 0. The molecule has 70 heavy (non-hydrogen) atoms. The van der Waals surface area contributed by atoms with Gasteiger partial charge in [0.2, 0.25) is 0 Å². The third-order valence-electron chi connectivity index (χ3n) is 15.0. The highest BCUT2D eigenvalue weighted by Crippen LogP contribution is 2.54. The summed E-state index contributed by atoms with van der Waals surface area (Å²) in [6, 6.07) is 59.0. The first-order valence-corrected chi connectivity index (χ1v) is 24.3. The summed E-state index contributed by atoms with van der Waals surface area (Å²) in [7, 11) is 6.94. The summed E-state index contributed by atoms with van der Waals surface area (Å²) in [6.45, 7) is 13.9. The van der Waals surface area contributed by atoms with Crippen molar-refractivity contribution in [2.75, 3.05) is 28.4 Å². The van der Waals surface area contributed by atoms with Gasteiger partial charge >= 0.3 is 0 Å². The Morgan fingerprint density at radius 1 is 0.257 bits per heavy atom. The maximum atomic E-state index is 5.77. The van der Waals surface area contributed by atoms with Gasteiger partial charge in [0, 0.05) is 0 Å². The van der Waals surface area contributed by atoms with Crippen LogP contribution in [0.15, 0.2) is 158 Å². The lowest BCUT2D eigenvalue weighted by Crippen LogP contribution is -2.11. The van der Waals surface area contributed by atoms with Crippen molar-refractivity contribution in [3.8, 4) is 67.5 Å². The van der Waals surface area contributed by atoms with Gasteiger partial charge in [0.1, 0.15) is 23.0 Å². The highest BCUT2D eigenvalue weighted by Gasteiger charge is 2.28. The fraction of sp³-hybridized carbons (Fsp3) is 0.182. The molecule has 0 aliphatic carbocycles. The Morgan fingerprint density at radius 2 is 0.514 bits per heavy atom. The van der Waals surface area contributed by atoms with Crippen molar-refractivity contribution in [3.63, 3.8) is 0 Å². The van der Waals surface area contributed by atoms with Gasteiger partial charge in [-0.05, 0) is 227 Å². The molecule has 344 valence electrons. The van der Waals surface area contributed by atoms with Crippen molar-refractivity contribution >= 4 is 75.4 Å². The molecular formula is C66H56O4. The highest BCUT2D eigenvalue weighted by atomic mass is 16.5. The molecule has 0 saturated carbocycles. The molecule has 0 aliphatic rings. The molecular weight excluding hydrogens is 857 g/mol. The molecule has 0 heterocycles. The van der Waals surface area contributed by atoms with Crippen molar-refractivity contribution in [2.45, 2.75) is 52.4 Å². The second kappa shape index (κ2) is 15.9. The normalized spacial score (nSPS) is 12.4. The zero-order valence-corrected chi connectivity index (χ0v) is 41.6. The summed E-state index contributed by atoms with van der Waals surface area (Å²) >= 11 is 0. The molecule has 0 aliphatic heterocycles. The third-order valence-corrected chi connectivity index (χ3v) is 15.0. The van der Waals surface area contributed by atoms with Crippen molar-refractivity contribution in [1.82, 2.24) is 0 Å². The monoisotopic (exact) mass is 912 g/mol. The number of fused-ring (bicyclic) bond motifs is 3. The van der Waals surface area contributed by atoms with Gasteiger partial charge in [0.05, 0.1) is 28.4 Å². The minimum absolute atomic E-state index is 0.0773. The van der Waals surface area contributed by atoms with Crippen LogP contribution in [0.5, 0.6) is 23.0 Å². The Labute approximate surface area is 409 Å². The summed E-state index contributed by atoms with van der Waals surface area (Å²) < 4.78 is 23.0. The highest BCUT2D eigenvalue weighted by molar-refractivity contribution is 6.43. The first-order chi connectivity index (χ1) is 33.7. The topological polar surface area (TPSA) is 36.9 Å². The Balaban J connectivity index is 1.38. The van der Waals surface area contributed by atoms with Crippen LogP contribution in [0.1, 0.15) is 52.7 Å². The summed E-state index contributed by atoms with van der Waals surface area (Å²) in [5.41, 5.74) is 11.7. The van der Waals surface area contributed by atoms with E-state index in [4.69, 9.17) is 18.9 Å². The van der Waals surface area contributed by atoms with E-state index in [1.807, 2.05) is 0 Å². The predicted molar refractivity (Wildman–Crippen MR) is 297 cm³/mol. The molecule has 0 spiro atoms. The smallest absolute Gasteiger partial charge is 0.118 e. The van der Waals surface area contributed by atoms with E-state index in [9.17, 15) is 0 Å². The maximum Gasteiger partial charge on any atom is 0.118 e. The Hall–Kier alpha value is -7.82. The van der Waals surface area contributed by atoms with Crippen LogP contribution in [-0.2, 0) is 10.8 Å². The zero-order valence-electron chi connectivity index (χ0n) is 41.6. The molecule has 4 nitrogen and oxygen atoms in total. The molecule has 0 saturated heterocycles. The van der Waals surface area contributed by atoms with Gasteiger partial charge in [-0.3, -0.25) is 0 Å². The van der Waals surface area contributed by atoms with E-state index in [2.05, 4.69) is 199 Å². The van der Waals surface area contributed by atoms with E-state index >= 15 is 0 Å². The lowest BCUT2D eigenvalue weighted by atomic mass is 9.77. The zero-order chi connectivity index (χ0) is 48.4. The van der Waals surface area contributed by atoms with Crippen molar-refractivity contribution in [2.24, 2.45) is 0 Å². The molecule has 4 heteroatoms. The molecule has 0 aromatic heterocycles. The quantitative estimate of drug-likeness (QED) is 0.112. The van der Waals surface area contributed by atoms with E-state index in [1.165, 1.54) is 109 Å². The molecule has 0 amide bonds. The van der Waals surface area contributed by atoms with Gasteiger partial charge in [0.25, 0.3) is 0 Å². The molecule has 0 bridgehead atoms. The Morgan fingerprint density at radius 3 is 0.786 bits per heavy atom. The molecule has 0 atom stereocenters. The van der Waals surface area contributed by atoms with Crippen LogP contribution in [-0.4, -0.2) is 28.4 Å². The number of hydrogen-bond acceptors (Lipinski definition) is 4. The van der Waals surface area contributed by atoms with E-state index in [0.717, 1.165) is 45.3 Å². The number of hydrogen-bond donors (Lipinski definition) is 0. The van der Waals surface area contributed by atoms with Crippen molar-refractivity contribution in [1.29, 1.82) is 0 Å². The van der Waals surface area contributed by atoms with Crippen LogP contribution >= 0.6 is 0 Å². The fourth-order valence-electron chi connectivity index (χ4n) is 11.3. The lowest BCUT2D eigenvalue weighted by Gasteiger charge is -2.26. The number of ether oxygens (including phenoxy) is 4. The van der Waals surface area contributed by atoms with E-state index in [-0.39, 0.29) is 10.8 Å². The van der Waals surface area contributed by atoms with Gasteiger partial charge in [0.15, 0.2) is 0 Å². The summed E-state index contributed by atoms with van der Waals surface area (Å²) in [5.74, 6) is 3.32. The van der Waals surface area contributed by atoms with E-state index in [0.29, 0.717) is 0 Å². The van der Waals surface area contributed by atoms with Gasteiger partial charge in [-0.15, -0.1) is 0 Å². The molecule has 12 aromatic rings. The molecule has 12 aromatic carbocycles. The minimum Gasteiger partial charge on any atom is -0.497 e. The molecule has 0 N–H and O–H groups in total. The van der Waals surface area contributed by atoms with Crippen molar-refractivity contribution in [3.05, 3.63) is 169 Å². The second-order valence-electron chi connectivity index (χ2n) is 21.2. The molecule has 0 unspecified atom stereocenters. The number of methoxy groups -OCH3 is 4. The SMILES string of the molecule is COc1ccc(-c2cc3cc(C(C)(C)C)cc4cc(-c5ccc(OC)cc5)c5c6c(cc2c5c34)cc2c(-c3ccc(OC)cc3)cc3cc(C(C)(C)C)cc4cc(-c5ccc(OC)cc5)c6c2c34)cc1. The fourth-order valence-corrected chi connectivity index (χ4v) is 11.3. The summed E-state index contributed by atoms with van der Waals surface area (Å²) in [6.07, 6.45) is 0. The van der Waals surface area contributed by atoms with Crippen molar-refractivity contribution < 1.29 is 18.9 Å². The van der Waals surface area contributed by atoms with Gasteiger partial charge in [-0.1, -0.05) is 114 Å². The van der Waals surface area contributed by atoms with Crippen LogP contribution in [0.25, 0.3) is 120 Å². The number of benzene rings is 12.